The van der Waals surface area contributed by atoms with Crippen LogP contribution in [0.25, 0.3) is 0 Å². The number of hydrogen-bond donors (Lipinski definition) is 2. The van der Waals surface area contributed by atoms with E-state index < -0.39 is 24.2 Å². The van der Waals surface area contributed by atoms with E-state index in [9.17, 15) is 14.4 Å². The molecule has 0 amide bonds. The lowest BCUT2D eigenvalue weighted by Gasteiger charge is -2.11. The largest absolute Gasteiger partial charge is 0.478 e. The van der Waals surface area contributed by atoms with E-state index in [-0.39, 0.29) is 23.1 Å². The molecule has 0 rings (SSSR count). The molecular formula is C17H25ClO8. The van der Waals surface area contributed by atoms with Gasteiger partial charge in [0, 0.05) is 17.0 Å². The van der Waals surface area contributed by atoms with Crippen molar-refractivity contribution < 1.29 is 38.8 Å². The van der Waals surface area contributed by atoms with E-state index in [1.165, 1.54) is 27.0 Å². The minimum absolute atomic E-state index is 0.126. The lowest BCUT2D eigenvalue weighted by molar-refractivity contribution is -0.136. The third-order valence-corrected chi connectivity index (χ3v) is 2.82. The molecule has 0 bridgehead atoms. The predicted octanol–water partition coefficient (Wildman–Crippen LogP) is 2.73. The molecule has 0 aliphatic heterocycles. The Bertz CT molecular complexity index is 551. The molecule has 148 valence electrons. The zero-order chi connectivity index (χ0) is 20.7. The van der Waals surface area contributed by atoms with Crippen molar-refractivity contribution in [2.24, 2.45) is 0 Å². The summed E-state index contributed by atoms with van der Waals surface area (Å²) in [6.45, 7) is 8.38. The Hall–Kier alpha value is -2.32. The number of allylic oxidation sites excluding steroid dienone is 1. The van der Waals surface area contributed by atoms with Crippen LogP contribution in [-0.4, -0.2) is 54.0 Å². The molecule has 0 aliphatic carbocycles. The van der Waals surface area contributed by atoms with Gasteiger partial charge in [0.2, 0.25) is 0 Å². The molecule has 8 nitrogen and oxygen atoms in total. The standard InChI is InChI=1S/C9H12O4.C8H13ClO4/c1-6(8(10)11)4-5-7(2)9(12)13-3;1-6(8(10)11)5-13-7(2)12-4-3-9/h4H,2,5H2,1,3H3,(H,10,11);5,7H,3-4H2,1-2H3,(H,10,11). The fraction of sp³-hybridized carbons (Fsp3) is 0.471. The first-order chi connectivity index (χ1) is 12.1. The second-order valence-corrected chi connectivity index (χ2v) is 5.24. The van der Waals surface area contributed by atoms with Gasteiger partial charge in [0.1, 0.15) is 0 Å². The number of carboxylic acid groups (broad SMARTS) is 2. The summed E-state index contributed by atoms with van der Waals surface area (Å²) in [5, 5.41) is 16.9. The summed E-state index contributed by atoms with van der Waals surface area (Å²) in [4.78, 5) is 31.4. The van der Waals surface area contributed by atoms with E-state index in [4.69, 9.17) is 31.3 Å². The quantitative estimate of drug-likeness (QED) is 0.191. The van der Waals surface area contributed by atoms with Crippen molar-refractivity contribution >= 4 is 29.5 Å². The average Bonchev–Trinajstić information content (AvgIpc) is 2.61. The summed E-state index contributed by atoms with van der Waals surface area (Å²) < 4.78 is 14.4. The van der Waals surface area contributed by atoms with E-state index >= 15 is 0 Å². The van der Waals surface area contributed by atoms with E-state index in [1.807, 2.05) is 0 Å². The summed E-state index contributed by atoms with van der Waals surface area (Å²) in [7, 11) is 1.25. The molecule has 0 heterocycles. The molecule has 0 aliphatic rings. The van der Waals surface area contributed by atoms with Crippen molar-refractivity contribution in [3.8, 4) is 0 Å². The van der Waals surface area contributed by atoms with Crippen molar-refractivity contribution in [3.63, 3.8) is 0 Å². The summed E-state index contributed by atoms with van der Waals surface area (Å²) in [5.74, 6) is -2.15. The lowest BCUT2D eigenvalue weighted by Crippen LogP contribution is -2.12. The molecule has 2 N–H and O–H groups in total. The lowest BCUT2D eigenvalue weighted by atomic mass is 10.1. The van der Waals surface area contributed by atoms with Crippen LogP contribution in [0.5, 0.6) is 0 Å². The van der Waals surface area contributed by atoms with Gasteiger partial charge in [-0.15, -0.1) is 11.6 Å². The molecule has 1 atom stereocenters. The first-order valence-corrected chi connectivity index (χ1v) is 7.99. The van der Waals surface area contributed by atoms with Crippen molar-refractivity contribution in [1.29, 1.82) is 0 Å². The molecule has 0 spiro atoms. The summed E-state index contributed by atoms with van der Waals surface area (Å²) in [6, 6.07) is 0. The molecule has 0 fully saturated rings. The third kappa shape index (κ3) is 14.1. The fourth-order valence-electron chi connectivity index (χ4n) is 1.09. The number of carbonyl (C=O) groups excluding carboxylic acids is 1. The second-order valence-electron chi connectivity index (χ2n) is 4.86. The maximum Gasteiger partial charge on any atom is 0.334 e. The Labute approximate surface area is 157 Å². The van der Waals surface area contributed by atoms with Gasteiger partial charge in [-0.05, 0) is 27.2 Å². The zero-order valence-corrected chi connectivity index (χ0v) is 16.0. The number of ether oxygens (including phenoxy) is 3. The molecular weight excluding hydrogens is 368 g/mol. The van der Waals surface area contributed by atoms with Crippen LogP contribution in [-0.2, 0) is 28.6 Å². The molecule has 0 aromatic rings. The molecule has 1 unspecified atom stereocenters. The molecule has 0 saturated heterocycles. The van der Waals surface area contributed by atoms with Crippen LogP contribution in [0.2, 0.25) is 0 Å². The van der Waals surface area contributed by atoms with E-state index in [1.54, 1.807) is 6.92 Å². The van der Waals surface area contributed by atoms with Crippen LogP contribution in [0, 0.1) is 0 Å². The third-order valence-electron chi connectivity index (χ3n) is 2.67. The summed E-state index contributed by atoms with van der Waals surface area (Å²) >= 11 is 5.37. The molecule has 0 aromatic carbocycles. The number of rotatable bonds is 10. The molecule has 26 heavy (non-hydrogen) atoms. The number of alkyl halides is 1. The van der Waals surface area contributed by atoms with E-state index in [2.05, 4.69) is 11.3 Å². The normalized spacial score (nSPS) is 12.3. The van der Waals surface area contributed by atoms with Gasteiger partial charge in [-0.2, -0.15) is 0 Å². The molecule has 0 radical (unpaired) electrons. The smallest absolute Gasteiger partial charge is 0.334 e. The maximum atomic E-state index is 10.8. The van der Waals surface area contributed by atoms with Crippen molar-refractivity contribution in [3.05, 3.63) is 35.6 Å². The Morgan fingerprint density at radius 3 is 2.12 bits per heavy atom. The Kier molecular flexibility index (Phi) is 14.9. The monoisotopic (exact) mass is 392 g/mol. The van der Waals surface area contributed by atoms with Crippen LogP contribution in [0.1, 0.15) is 27.2 Å². The molecule has 0 saturated carbocycles. The van der Waals surface area contributed by atoms with Gasteiger partial charge in [0.15, 0.2) is 6.29 Å². The number of aliphatic carboxylic acids is 2. The minimum atomic E-state index is -1.01. The van der Waals surface area contributed by atoms with Gasteiger partial charge < -0.3 is 24.4 Å². The minimum Gasteiger partial charge on any atom is -0.478 e. The van der Waals surface area contributed by atoms with Crippen molar-refractivity contribution in [1.82, 2.24) is 0 Å². The average molecular weight is 393 g/mol. The maximum absolute atomic E-state index is 10.8. The van der Waals surface area contributed by atoms with Crippen LogP contribution < -0.4 is 0 Å². The predicted molar refractivity (Wildman–Crippen MR) is 95.8 cm³/mol. The van der Waals surface area contributed by atoms with Crippen LogP contribution in [0.3, 0.4) is 0 Å². The van der Waals surface area contributed by atoms with Crippen LogP contribution in [0.15, 0.2) is 35.6 Å². The highest BCUT2D eigenvalue weighted by atomic mass is 35.5. The van der Waals surface area contributed by atoms with Gasteiger partial charge in [-0.25, -0.2) is 14.4 Å². The summed E-state index contributed by atoms with van der Waals surface area (Å²) in [6.07, 6.45) is 2.29. The van der Waals surface area contributed by atoms with Gasteiger partial charge in [0.05, 0.1) is 25.6 Å². The highest BCUT2D eigenvalue weighted by Crippen LogP contribution is 2.04. The highest BCUT2D eigenvalue weighted by molar-refractivity contribution is 6.17. The number of carboxylic acids is 2. The Morgan fingerprint density at radius 2 is 1.69 bits per heavy atom. The second kappa shape index (κ2) is 15.0. The zero-order valence-electron chi connectivity index (χ0n) is 15.3. The Balaban J connectivity index is 0. The van der Waals surface area contributed by atoms with E-state index in [0.717, 1.165) is 6.26 Å². The first-order valence-electron chi connectivity index (χ1n) is 7.46. The Morgan fingerprint density at radius 1 is 1.15 bits per heavy atom. The number of hydrogen-bond acceptors (Lipinski definition) is 6. The number of methoxy groups -OCH3 is 1. The SMILES string of the molecule is C=C(CC=C(C)C(=O)O)C(=O)OC.CC(=COC(C)OCCCl)C(=O)O. The van der Waals surface area contributed by atoms with Gasteiger partial charge in [-0.3, -0.25) is 0 Å². The highest BCUT2D eigenvalue weighted by Gasteiger charge is 2.06. The van der Waals surface area contributed by atoms with Crippen molar-refractivity contribution in [2.45, 2.75) is 33.5 Å². The summed E-state index contributed by atoms with van der Waals surface area (Å²) in [5.41, 5.74) is 0.550. The first kappa shape index (κ1) is 25.9. The number of carbonyl (C=O) groups is 3. The van der Waals surface area contributed by atoms with E-state index in [0.29, 0.717) is 12.5 Å². The molecule has 9 heteroatoms. The molecule has 0 aromatic heterocycles. The number of esters is 1. The number of halogens is 1. The van der Waals surface area contributed by atoms with Gasteiger partial charge in [0.25, 0.3) is 0 Å². The van der Waals surface area contributed by atoms with Crippen LogP contribution in [0.4, 0.5) is 0 Å². The van der Waals surface area contributed by atoms with Gasteiger partial charge >= 0.3 is 17.9 Å². The fourth-order valence-corrected chi connectivity index (χ4v) is 1.18. The topological polar surface area (TPSA) is 119 Å². The van der Waals surface area contributed by atoms with Gasteiger partial charge in [-0.1, -0.05) is 12.7 Å². The van der Waals surface area contributed by atoms with Crippen LogP contribution >= 0.6 is 11.6 Å². The van der Waals surface area contributed by atoms with Crippen molar-refractivity contribution in [2.75, 3.05) is 19.6 Å².